The average Bonchev–Trinajstić information content (AvgIpc) is 3.01. The molecule has 0 aromatic heterocycles. The fourth-order valence-electron chi connectivity index (χ4n) is 4.21. The molecule has 0 radical (unpaired) electrons. The molecular formula is C22H22N2O2. The maximum absolute atomic E-state index is 12.8. The van der Waals surface area contributed by atoms with Gasteiger partial charge in [0.15, 0.2) is 0 Å². The van der Waals surface area contributed by atoms with E-state index in [0.717, 1.165) is 11.1 Å². The van der Waals surface area contributed by atoms with Gasteiger partial charge < -0.3 is 0 Å². The van der Waals surface area contributed by atoms with Crippen LogP contribution in [0.15, 0.2) is 72.8 Å². The van der Waals surface area contributed by atoms with E-state index in [0.29, 0.717) is 12.8 Å². The minimum absolute atomic E-state index is 0.0400. The zero-order chi connectivity index (χ0) is 18.1. The lowest BCUT2D eigenvalue weighted by Crippen LogP contribution is -2.52. The van der Waals surface area contributed by atoms with E-state index in [4.69, 9.17) is 0 Å². The average molecular weight is 346 g/mol. The Morgan fingerprint density at radius 3 is 2.04 bits per heavy atom. The Morgan fingerprint density at radius 2 is 1.42 bits per heavy atom. The Balaban J connectivity index is 1.84. The highest BCUT2D eigenvalue weighted by molar-refractivity contribution is 5.97. The van der Waals surface area contributed by atoms with Crippen molar-refractivity contribution in [2.45, 2.75) is 31.8 Å². The van der Waals surface area contributed by atoms with Crippen LogP contribution >= 0.6 is 0 Å². The predicted octanol–water partition coefficient (Wildman–Crippen LogP) is 4.04. The van der Waals surface area contributed by atoms with Crippen LogP contribution in [-0.4, -0.2) is 21.8 Å². The van der Waals surface area contributed by atoms with Crippen molar-refractivity contribution in [1.82, 2.24) is 10.0 Å². The summed E-state index contributed by atoms with van der Waals surface area (Å²) in [6.07, 6.45) is 4.78. The number of amides is 2. The van der Waals surface area contributed by atoms with Gasteiger partial charge in [-0.3, -0.25) is 9.59 Å². The second kappa shape index (κ2) is 6.89. The molecule has 2 aromatic rings. The lowest BCUT2D eigenvalue weighted by atomic mass is 9.86. The van der Waals surface area contributed by atoms with Crippen molar-refractivity contribution in [2.75, 3.05) is 0 Å². The molecule has 4 heteroatoms. The zero-order valence-electron chi connectivity index (χ0n) is 14.8. The first-order valence-electron chi connectivity index (χ1n) is 9.07. The van der Waals surface area contributed by atoms with E-state index in [-0.39, 0.29) is 29.8 Å². The predicted molar refractivity (Wildman–Crippen MR) is 99.6 cm³/mol. The maximum Gasteiger partial charge on any atom is 0.245 e. The third-order valence-electron chi connectivity index (χ3n) is 5.26. The highest BCUT2D eigenvalue weighted by atomic mass is 16.2. The summed E-state index contributed by atoms with van der Waals surface area (Å²) in [5.74, 6) is -0.171. The van der Waals surface area contributed by atoms with E-state index in [1.807, 2.05) is 66.5 Å². The van der Waals surface area contributed by atoms with E-state index in [9.17, 15) is 9.59 Å². The van der Waals surface area contributed by atoms with E-state index in [1.165, 1.54) is 5.01 Å². The zero-order valence-corrected chi connectivity index (χ0v) is 14.8. The van der Waals surface area contributed by atoms with Crippen LogP contribution in [0, 0.1) is 5.92 Å². The lowest BCUT2D eigenvalue weighted by molar-refractivity contribution is -0.172. The smallest absolute Gasteiger partial charge is 0.245 e. The van der Waals surface area contributed by atoms with Gasteiger partial charge in [0.2, 0.25) is 11.8 Å². The van der Waals surface area contributed by atoms with Crippen molar-refractivity contribution in [3.63, 3.8) is 0 Å². The molecule has 0 spiro atoms. The second-order valence-electron chi connectivity index (χ2n) is 6.86. The largest absolute Gasteiger partial charge is 0.273 e. The third-order valence-corrected chi connectivity index (χ3v) is 5.26. The molecule has 4 rings (SSSR count). The van der Waals surface area contributed by atoms with Crippen molar-refractivity contribution in [3.8, 4) is 0 Å². The molecule has 0 aliphatic carbocycles. The van der Waals surface area contributed by atoms with Crippen LogP contribution < -0.4 is 0 Å². The molecule has 2 aliphatic heterocycles. The number of rotatable bonds is 3. The molecular weight excluding hydrogens is 324 g/mol. The molecule has 132 valence electrons. The molecule has 4 nitrogen and oxygen atoms in total. The molecule has 2 aliphatic rings. The van der Waals surface area contributed by atoms with Gasteiger partial charge in [-0.05, 0) is 18.1 Å². The maximum atomic E-state index is 12.8. The van der Waals surface area contributed by atoms with Gasteiger partial charge in [0.25, 0.3) is 0 Å². The van der Waals surface area contributed by atoms with Crippen LogP contribution in [-0.2, 0) is 9.59 Å². The van der Waals surface area contributed by atoms with Gasteiger partial charge in [0.1, 0.15) is 0 Å². The molecule has 2 heterocycles. The van der Waals surface area contributed by atoms with Crippen molar-refractivity contribution >= 4 is 11.8 Å². The van der Waals surface area contributed by atoms with Crippen LogP contribution in [0.25, 0.3) is 0 Å². The van der Waals surface area contributed by atoms with E-state index < -0.39 is 0 Å². The first kappa shape index (κ1) is 16.7. The Bertz CT molecular complexity index is 832. The monoisotopic (exact) mass is 346 g/mol. The summed E-state index contributed by atoms with van der Waals surface area (Å²) < 4.78 is 0. The molecule has 2 amide bonds. The summed E-state index contributed by atoms with van der Waals surface area (Å²) in [7, 11) is 0. The number of imide groups is 1. The normalized spacial score (nSPS) is 26.5. The molecule has 2 aromatic carbocycles. The second-order valence-corrected chi connectivity index (χ2v) is 6.86. The van der Waals surface area contributed by atoms with E-state index >= 15 is 0 Å². The van der Waals surface area contributed by atoms with Gasteiger partial charge in [-0.2, -0.15) is 5.01 Å². The third kappa shape index (κ3) is 2.76. The van der Waals surface area contributed by atoms with Crippen molar-refractivity contribution in [3.05, 3.63) is 83.9 Å². The SMILES string of the molecule is C/C=C/[C@@H]1CC(=O)N2C(=O)C[C@H](c3ccccc3)N2[C@@H]1c1ccccc1. The van der Waals surface area contributed by atoms with Gasteiger partial charge >= 0.3 is 0 Å². The molecule has 2 saturated heterocycles. The summed E-state index contributed by atoms with van der Waals surface area (Å²) in [6.45, 7) is 1.97. The summed E-state index contributed by atoms with van der Waals surface area (Å²) in [4.78, 5) is 25.4. The van der Waals surface area contributed by atoms with Crippen LogP contribution in [0.3, 0.4) is 0 Å². The number of nitrogens with zero attached hydrogens (tertiary/aromatic N) is 2. The Kier molecular flexibility index (Phi) is 4.43. The Hall–Kier alpha value is -2.72. The van der Waals surface area contributed by atoms with Gasteiger partial charge in [0.05, 0.1) is 18.5 Å². The number of fused-ring (bicyclic) bond motifs is 1. The molecule has 0 unspecified atom stereocenters. The van der Waals surface area contributed by atoms with Crippen LogP contribution in [0.1, 0.15) is 43.0 Å². The number of hydrogen-bond donors (Lipinski definition) is 0. The van der Waals surface area contributed by atoms with Crippen LogP contribution in [0.4, 0.5) is 0 Å². The molecule has 3 atom stereocenters. The molecule has 0 N–H and O–H groups in total. The summed E-state index contributed by atoms with van der Waals surface area (Å²) in [5.41, 5.74) is 2.20. The number of hydrazine groups is 1. The summed E-state index contributed by atoms with van der Waals surface area (Å²) in [6, 6.07) is 20.0. The Labute approximate surface area is 153 Å². The van der Waals surface area contributed by atoms with Gasteiger partial charge in [-0.1, -0.05) is 72.8 Å². The number of allylic oxidation sites excluding steroid dienone is 1. The fraction of sp³-hybridized carbons (Fsp3) is 0.273. The van der Waals surface area contributed by atoms with Crippen LogP contribution in [0.5, 0.6) is 0 Å². The lowest BCUT2D eigenvalue weighted by Gasteiger charge is -2.45. The number of benzene rings is 2. The van der Waals surface area contributed by atoms with Gasteiger partial charge in [0, 0.05) is 12.3 Å². The van der Waals surface area contributed by atoms with Crippen molar-refractivity contribution < 1.29 is 9.59 Å². The topological polar surface area (TPSA) is 40.6 Å². The number of carbonyl (C=O) groups excluding carboxylic acids is 2. The molecule has 0 saturated carbocycles. The summed E-state index contributed by atoms with van der Waals surface area (Å²) >= 11 is 0. The molecule has 26 heavy (non-hydrogen) atoms. The Morgan fingerprint density at radius 1 is 0.846 bits per heavy atom. The van der Waals surface area contributed by atoms with E-state index in [2.05, 4.69) is 18.2 Å². The minimum Gasteiger partial charge on any atom is -0.273 e. The van der Waals surface area contributed by atoms with Crippen molar-refractivity contribution in [2.24, 2.45) is 5.92 Å². The quantitative estimate of drug-likeness (QED) is 0.622. The van der Waals surface area contributed by atoms with E-state index in [1.54, 1.807) is 0 Å². The van der Waals surface area contributed by atoms with Crippen LogP contribution in [0.2, 0.25) is 0 Å². The first-order valence-corrected chi connectivity index (χ1v) is 9.07. The number of hydrogen-bond acceptors (Lipinski definition) is 3. The molecule has 2 fully saturated rings. The molecule has 0 bridgehead atoms. The number of carbonyl (C=O) groups is 2. The van der Waals surface area contributed by atoms with Crippen molar-refractivity contribution in [1.29, 1.82) is 0 Å². The highest BCUT2D eigenvalue weighted by Crippen LogP contribution is 2.47. The summed E-state index contributed by atoms with van der Waals surface area (Å²) in [5, 5.41) is 3.42. The highest BCUT2D eigenvalue weighted by Gasteiger charge is 2.51. The standard InChI is InChI=1S/C22H22N2O2/c1-2-9-18-14-20(25)24-21(26)15-19(16-10-5-3-6-11-16)23(24)22(18)17-12-7-4-8-13-17/h2-13,18-19,22H,14-15H2,1H3/b9-2+/t18-,19-,22-/m1/s1. The first-order chi connectivity index (χ1) is 12.7. The van der Waals surface area contributed by atoms with Gasteiger partial charge in [-0.25, -0.2) is 5.01 Å². The fourth-order valence-corrected chi connectivity index (χ4v) is 4.21. The minimum atomic E-state index is -0.120. The van der Waals surface area contributed by atoms with Gasteiger partial charge in [-0.15, -0.1) is 0 Å².